The predicted molar refractivity (Wildman–Crippen MR) is 215 cm³/mol. The van der Waals surface area contributed by atoms with Crippen LogP contribution in [-0.2, 0) is 35.8 Å². The number of allylic oxidation sites excluding steroid dienone is 4. The number of rotatable bonds is 15. The molecule has 3 heterocycles. The van der Waals surface area contributed by atoms with Crippen molar-refractivity contribution in [2.75, 3.05) is 59.6 Å². The second kappa shape index (κ2) is 19.7. The van der Waals surface area contributed by atoms with Gasteiger partial charge in [0.15, 0.2) is 6.29 Å². The number of esters is 1. The van der Waals surface area contributed by atoms with E-state index in [1.807, 2.05) is 24.9 Å². The summed E-state index contributed by atoms with van der Waals surface area (Å²) in [5.74, 6) is -5.42. The number of piperazine rings is 1. The van der Waals surface area contributed by atoms with E-state index in [1.165, 1.54) is 30.9 Å². The van der Waals surface area contributed by atoms with Gasteiger partial charge in [-0.2, -0.15) is 15.6 Å². The van der Waals surface area contributed by atoms with Crippen LogP contribution in [0.15, 0.2) is 90.6 Å². The normalized spacial score (nSPS) is 24.4. The molecule has 314 valence electrons. The number of nitriles is 2. The molecule has 0 saturated carbocycles. The smallest absolute Gasteiger partial charge is 0.320 e. The van der Waals surface area contributed by atoms with Crippen molar-refractivity contribution >= 4 is 29.8 Å². The Hall–Kier alpha value is -5.56. The number of carbonyl (C=O) groups excluding carboxylic acids is 1. The first kappa shape index (κ1) is 44.0. The summed E-state index contributed by atoms with van der Waals surface area (Å²) in [4.78, 5) is 36.1. The Labute approximate surface area is 350 Å². The van der Waals surface area contributed by atoms with Gasteiger partial charge >= 0.3 is 11.9 Å². The van der Waals surface area contributed by atoms with Crippen LogP contribution in [0.25, 0.3) is 6.08 Å². The third-order valence-electron chi connectivity index (χ3n) is 10.8. The standard InChI is InChI=1S/C43H44F3N7O6S/c1-3-31(22-53-28-49-27-50-53)36-16-30(21-48)19-42(41(55)56,35-11-10-33(44)18-38(35)46)43(36,26-59-39(54)23-52-14-12-51(2)13-15-52)60-34-24-57-40(58-25-34)7-5-4-6-32-9-8-29(20-47)17-37(32)45/h4-11,16-19,27-28,31,34,40H,3,12-15,22-26H2,1-2H3,(H,55,56)/t31?,34?,40?,42-,43-/m1/s1. The molecule has 0 amide bonds. The summed E-state index contributed by atoms with van der Waals surface area (Å²) in [5, 5.41) is 34.6. The van der Waals surface area contributed by atoms with Crippen molar-refractivity contribution in [2.45, 2.75) is 41.6 Å². The van der Waals surface area contributed by atoms with Gasteiger partial charge in [-0.25, -0.2) is 18.2 Å². The highest BCUT2D eigenvalue weighted by atomic mass is 32.2. The SMILES string of the molecule is CCC(Cn1cncn1)C1=CC(C#N)=C[C@](C(=O)O)(c2ccc(F)cc2F)[C@]1(COC(=O)CN1CCN(C)CC1)SC1COC(C=CC=Cc2ccc(C#N)cc2F)OC1. The molecule has 17 heteroatoms. The van der Waals surface area contributed by atoms with Crippen molar-refractivity contribution in [3.05, 3.63) is 125 Å². The second-order valence-corrected chi connectivity index (χ2v) is 16.3. The molecule has 2 fully saturated rings. The van der Waals surface area contributed by atoms with Crippen LogP contribution >= 0.6 is 11.8 Å². The minimum Gasteiger partial charge on any atom is -0.480 e. The van der Waals surface area contributed by atoms with Crippen LogP contribution in [-0.4, -0.2) is 117 Å². The van der Waals surface area contributed by atoms with Gasteiger partial charge in [0.2, 0.25) is 0 Å². The highest BCUT2D eigenvalue weighted by Crippen LogP contribution is 2.58. The average Bonchev–Trinajstić information content (AvgIpc) is 3.76. The number of likely N-dealkylation sites (N-methyl/N-ethyl adjacent to an activating group) is 1. The van der Waals surface area contributed by atoms with E-state index in [-0.39, 0.29) is 43.0 Å². The molecule has 3 aromatic rings. The van der Waals surface area contributed by atoms with Gasteiger partial charge in [0.25, 0.3) is 0 Å². The van der Waals surface area contributed by atoms with Gasteiger partial charge in [-0.3, -0.25) is 19.2 Å². The maximum Gasteiger partial charge on any atom is 0.320 e. The minimum absolute atomic E-state index is 0.00576. The molecule has 1 unspecified atom stereocenters. The van der Waals surface area contributed by atoms with E-state index in [0.717, 1.165) is 49.1 Å². The van der Waals surface area contributed by atoms with E-state index < -0.39 is 69.2 Å². The number of hydrogen-bond acceptors (Lipinski definition) is 12. The Kier molecular flexibility index (Phi) is 14.4. The highest BCUT2D eigenvalue weighted by Gasteiger charge is 2.64. The lowest BCUT2D eigenvalue weighted by molar-refractivity contribution is -0.151. The van der Waals surface area contributed by atoms with Crippen molar-refractivity contribution in [2.24, 2.45) is 5.92 Å². The Morgan fingerprint density at radius 2 is 1.83 bits per heavy atom. The first-order chi connectivity index (χ1) is 28.9. The van der Waals surface area contributed by atoms with E-state index in [0.29, 0.717) is 31.1 Å². The molecule has 0 radical (unpaired) electrons. The van der Waals surface area contributed by atoms with Gasteiger partial charge in [0, 0.05) is 61.4 Å². The summed E-state index contributed by atoms with van der Waals surface area (Å²) in [7, 11) is 1.98. The molecule has 3 atom stereocenters. The molecule has 1 aromatic heterocycles. The lowest BCUT2D eigenvalue weighted by Gasteiger charge is -2.52. The first-order valence-electron chi connectivity index (χ1n) is 19.3. The fraction of sp³-hybridized carbons (Fsp3) is 0.395. The van der Waals surface area contributed by atoms with Crippen LogP contribution in [0.5, 0.6) is 0 Å². The van der Waals surface area contributed by atoms with Crippen LogP contribution in [0.2, 0.25) is 0 Å². The largest absolute Gasteiger partial charge is 0.480 e. The van der Waals surface area contributed by atoms with Crippen LogP contribution in [0.4, 0.5) is 13.2 Å². The molecule has 0 bridgehead atoms. The molecule has 6 rings (SSSR count). The molecule has 2 aliphatic heterocycles. The molecule has 2 saturated heterocycles. The molecular weight excluding hydrogens is 800 g/mol. The van der Waals surface area contributed by atoms with E-state index in [4.69, 9.17) is 19.5 Å². The van der Waals surface area contributed by atoms with Crippen LogP contribution in [0.3, 0.4) is 0 Å². The van der Waals surface area contributed by atoms with Crippen LogP contribution < -0.4 is 0 Å². The molecule has 0 spiro atoms. The lowest BCUT2D eigenvalue weighted by Crippen LogP contribution is -2.62. The van der Waals surface area contributed by atoms with Crippen molar-refractivity contribution in [1.82, 2.24) is 24.6 Å². The van der Waals surface area contributed by atoms with Crippen LogP contribution in [0.1, 0.15) is 30.0 Å². The maximum atomic E-state index is 16.3. The van der Waals surface area contributed by atoms with Crippen molar-refractivity contribution in [3.8, 4) is 12.1 Å². The van der Waals surface area contributed by atoms with E-state index >= 15 is 4.39 Å². The Morgan fingerprint density at radius 3 is 2.47 bits per heavy atom. The maximum absolute atomic E-state index is 16.3. The monoisotopic (exact) mass is 843 g/mol. The summed E-state index contributed by atoms with van der Waals surface area (Å²) < 4.78 is 63.2. The zero-order chi connectivity index (χ0) is 42.9. The summed E-state index contributed by atoms with van der Waals surface area (Å²) in [6.45, 7) is 4.05. The van der Waals surface area contributed by atoms with Gasteiger partial charge < -0.3 is 24.2 Å². The first-order valence-corrected chi connectivity index (χ1v) is 20.2. The Morgan fingerprint density at radius 1 is 1.07 bits per heavy atom. The van der Waals surface area contributed by atoms with Gasteiger partial charge in [0.1, 0.15) is 42.1 Å². The number of aromatic nitrogens is 3. The molecule has 60 heavy (non-hydrogen) atoms. The fourth-order valence-corrected chi connectivity index (χ4v) is 9.48. The number of thioether (sulfide) groups is 1. The van der Waals surface area contributed by atoms with Gasteiger partial charge in [-0.05, 0) is 55.5 Å². The lowest BCUT2D eigenvalue weighted by atomic mass is 9.60. The zero-order valence-electron chi connectivity index (χ0n) is 33.0. The zero-order valence-corrected chi connectivity index (χ0v) is 33.9. The van der Waals surface area contributed by atoms with Crippen molar-refractivity contribution in [1.29, 1.82) is 10.5 Å². The number of carbonyl (C=O) groups is 2. The Balaban J connectivity index is 1.39. The third-order valence-corrected chi connectivity index (χ3v) is 12.5. The number of nitrogens with zero attached hydrogens (tertiary/aromatic N) is 7. The fourth-order valence-electron chi connectivity index (χ4n) is 7.69. The molecule has 3 aliphatic rings. The summed E-state index contributed by atoms with van der Waals surface area (Å²) >= 11 is 1.07. The van der Waals surface area contributed by atoms with Crippen molar-refractivity contribution < 1.29 is 42.1 Å². The van der Waals surface area contributed by atoms with E-state index in [9.17, 15) is 28.7 Å². The van der Waals surface area contributed by atoms with Crippen molar-refractivity contribution in [3.63, 3.8) is 0 Å². The number of hydrogen-bond donors (Lipinski definition) is 1. The number of benzene rings is 2. The van der Waals surface area contributed by atoms with Gasteiger partial charge in [-0.1, -0.05) is 37.3 Å². The molecular formula is C43H44F3N7O6S. The quantitative estimate of drug-likeness (QED) is 0.155. The summed E-state index contributed by atoms with van der Waals surface area (Å²) in [6.07, 6.45) is 11.4. The molecule has 1 N–H and O–H groups in total. The number of ether oxygens (including phenoxy) is 3. The number of aliphatic carboxylic acids is 1. The van der Waals surface area contributed by atoms with Crippen LogP contribution in [0, 0.1) is 46.0 Å². The minimum atomic E-state index is -2.45. The van der Waals surface area contributed by atoms with Gasteiger partial charge in [-0.15, -0.1) is 11.8 Å². The molecule has 13 nitrogen and oxygen atoms in total. The number of carboxylic acid groups (broad SMARTS) is 1. The number of carboxylic acids is 1. The third kappa shape index (κ3) is 9.73. The Bertz CT molecular complexity index is 2240. The van der Waals surface area contributed by atoms with Gasteiger partial charge in [0.05, 0.1) is 47.5 Å². The topological polar surface area (TPSA) is 167 Å². The highest BCUT2D eigenvalue weighted by molar-refractivity contribution is 8.01. The predicted octanol–water partition coefficient (Wildman–Crippen LogP) is 5.28. The molecule has 1 aliphatic carbocycles. The van der Waals surface area contributed by atoms with E-state index in [1.54, 1.807) is 29.0 Å². The number of halogens is 3. The summed E-state index contributed by atoms with van der Waals surface area (Å²) in [6, 6.07) is 10.7. The molecule has 2 aromatic carbocycles. The summed E-state index contributed by atoms with van der Waals surface area (Å²) in [5.41, 5.74) is -2.13. The second-order valence-electron chi connectivity index (χ2n) is 14.7. The van der Waals surface area contributed by atoms with E-state index in [2.05, 4.69) is 21.1 Å². The average molecular weight is 844 g/mol.